The second kappa shape index (κ2) is 8.35. The van der Waals surface area contributed by atoms with Gasteiger partial charge < -0.3 is 19.5 Å². The molecule has 0 saturated carbocycles. The Labute approximate surface area is 181 Å². The maximum absolute atomic E-state index is 13.5. The molecular formula is C21H19BrN2O6. The van der Waals surface area contributed by atoms with Gasteiger partial charge in [-0.3, -0.25) is 19.3 Å². The maximum Gasteiger partial charge on any atom is 0.308 e. The van der Waals surface area contributed by atoms with Gasteiger partial charge in [-0.2, -0.15) is 0 Å². The molecule has 0 fully saturated rings. The SMILES string of the molecule is CCOC(=O)CC1COc2cc(Br)ccc2N1C(=O)c1ccc2c(c1)NC(=O)CO2. The molecule has 2 aliphatic rings. The number of nitrogens with zero attached hydrogens (tertiary/aromatic N) is 1. The molecule has 0 aromatic heterocycles. The highest BCUT2D eigenvalue weighted by Crippen LogP contribution is 2.38. The summed E-state index contributed by atoms with van der Waals surface area (Å²) in [4.78, 5) is 38.8. The number of rotatable bonds is 4. The fourth-order valence-corrected chi connectivity index (χ4v) is 3.79. The predicted octanol–water partition coefficient (Wildman–Crippen LogP) is 3.14. The Bertz CT molecular complexity index is 1020. The van der Waals surface area contributed by atoms with Crippen molar-refractivity contribution in [1.82, 2.24) is 0 Å². The molecule has 2 aromatic rings. The van der Waals surface area contributed by atoms with E-state index >= 15 is 0 Å². The molecule has 1 N–H and O–H groups in total. The Morgan fingerprint density at radius 2 is 2.03 bits per heavy atom. The summed E-state index contributed by atoms with van der Waals surface area (Å²) in [6, 6.07) is 9.65. The largest absolute Gasteiger partial charge is 0.489 e. The van der Waals surface area contributed by atoms with Crippen molar-refractivity contribution in [2.24, 2.45) is 0 Å². The first-order chi connectivity index (χ1) is 14.5. The molecular weight excluding hydrogens is 456 g/mol. The topological polar surface area (TPSA) is 94.2 Å². The second-order valence-electron chi connectivity index (χ2n) is 6.81. The summed E-state index contributed by atoms with van der Waals surface area (Å²) in [5, 5.41) is 2.71. The zero-order chi connectivity index (χ0) is 21.3. The standard InChI is InChI=1S/C21H19BrN2O6/c1-2-28-20(26)9-14-10-29-18-8-13(22)4-5-16(18)24(14)21(27)12-3-6-17-15(7-12)23-19(25)11-30-17/h3-8,14H,2,9-11H2,1H3,(H,23,25). The highest BCUT2D eigenvalue weighted by Gasteiger charge is 2.35. The fourth-order valence-electron chi connectivity index (χ4n) is 3.45. The minimum atomic E-state index is -0.535. The fraction of sp³-hybridized carbons (Fsp3) is 0.286. The van der Waals surface area contributed by atoms with E-state index in [2.05, 4.69) is 21.2 Å². The number of esters is 1. The summed E-state index contributed by atoms with van der Waals surface area (Å²) in [5.74, 6) is 0.0242. The summed E-state index contributed by atoms with van der Waals surface area (Å²) in [6.45, 7) is 2.08. The molecule has 0 spiro atoms. The van der Waals surface area contributed by atoms with Crippen LogP contribution in [0, 0.1) is 0 Å². The molecule has 2 aromatic carbocycles. The molecule has 1 unspecified atom stereocenters. The summed E-state index contributed by atoms with van der Waals surface area (Å²) < 4.78 is 17.0. The van der Waals surface area contributed by atoms with Gasteiger partial charge in [-0.15, -0.1) is 0 Å². The maximum atomic E-state index is 13.5. The van der Waals surface area contributed by atoms with Gasteiger partial charge in [0, 0.05) is 10.0 Å². The van der Waals surface area contributed by atoms with Crippen LogP contribution in [-0.2, 0) is 14.3 Å². The molecule has 4 rings (SSSR count). The van der Waals surface area contributed by atoms with Crippen molar-refractivity contribution in [1.29, 1.82) is 0 Å². The molecule has 2 heterocycles. The highest BCUT2D eigenvalue weighted by molar-refractivity contribution is 9.10. The molecule has 0 bridgehead atoms. The Morgan fingerprint density at radius 3 is 2.83 bits per heavy atom. The lowest BCUT2D eigenvalue weighted by molar-refractivity contribution is -0.143. The molecule has 2 amide bonds. The van der Waals surface area contributed by atoms with E-state index in [0.717, 1.165) is 4.47 Å². The lowest BCUT2D eigenvalue weighted by atomic mass is 10.1. The molecule has 0 aliphatic carbocycles. The number of halogens is 1. The first kappa shape index (κ1) is 20.2. The van der Waals surface area contributed by atoms with E-state index in [9.17, 15) is 14.4 Å². The second-order valence-corrected chi connectivity index (χ2v) is 7.72. The number of carbonyl (C=O) groups is 3. The highest BCUT2D eigenvalue weighted by atomic mass is 79.9. The minimum absolute atomic E-state index is 0.000127. The van der Waals surface area contributed by atoms with E-state index in [4.69, 9.17) is 14.2 Å². The Balaban J connectivity index is 1.70. The van der Waals surface area contributed by atoms with E-state index in [1.807, 2.05) is 0 Å². The third-order valence-corrected chi connectivity index (χ3v) is 5.26. The van der Waals surface area contributed by atoms with Crippen LogP contribution in [0.5, 0.6) is 11.5 Å². The number of nitrogens with one attached hydrogen (secondary N) is 1. The van der Waals surface area contributed by atoms with E-state index in [1.54, 1.807) is 48.2 Å². The van der Waals surface area contributed by atoms with Crippen LogP contribution in [-0.4, -0.2) is 43.6 Å². The molecule has 0 radical (unpaired) electrons. The number of hydrogen-bond acceptors (Lipinski definition) is 6. The predicted molar refractivity (Wildman–Crippen MR) is 112 cm³/mol. The van der Waals surface area contributed by atoms with Crippen LogP contribution in [0.15, 0.2) is 40.9 Å². The zero-order valence-electron chi connectivity index (χ0n) is 16.1. The van der Waals surface area contributed by atoms with E-state index in [0.29, 0.717) is 28.4 Å². The van der Waals surface area contributed by atoms with Crippen LogP contribution in [0.4, 0.5) is 11.4 Å². The monoisotopic (exact) mass is 474 g/mol. The molecule has 8 nitrogen and oxygen atoms in total. The summed E-state index contributed by atoms with van der Waals surface area (Å²) in [7, 11) is 0. The smallest absolute Gasteiger partial charge is 0.308 e. The van der Waals surface area contributed by atoms with E-state index < -0.39 is 12.0 Å². The number of anilines is 2. The van der Waals surface area contributed by atoms with Crippen LogP contribution in [0.3, 0.4) is 0 Å². The average Bonchev–Trinajstić information content (AvgIpc) is 2.72. The van der Waals surface area contributed by atoms with Gasteiger partial charge in [-0.05, 0) is 43.3 Å². The first-order valence-electron chi connectivity index (χ1n) is 9.44. The van der Waals surface area contributed by atoms with Crippen molar-refractivity contribution in [2.75, 3.05) is 30.0 Å². The molecule has 30 heavy (non-hydrogen) atoms. The third kappa shape index (κ3) is 3.97. The third-order valence-electron chi connectivity index (χ3n) is 4.76. The summed E-state index contributed by atoms with van der Waals surface area (Å²) in [6.07, 6.45) is -0.000127. The number of amides is 2. The van der Waals surface area contributed by atoms with Crippen LogP contribution >= 0.6 is 15.9 Å². The van der Waals surface area contributed by atoms with Gasteiger partial charge in [-0.1, -0.05) is 15.9 Å². The molecule has 9 heteroatoms. The van der Waals surface area contributed by atoms with Crippen molar-refractivity contribution in [3.05, 3.63) is 46.4 Å². The van der Waals surface area contributed by atoms with Crippen LogP contribution in [0.2, 0.25) is 0 Å². The van der Waals surface area contributed by atoms with Gasteiger partial charge in [0.25, 0.3) is 11.8 Å². The quantitative estimate of drug-likeness (QED) is 0.684. The molecule has 0 saturated heterocycles. The molecule has 156 valence electrons. The van der Waals surface area contributed by atoms with Crippen molar-refractivity contribution >= 4 is 45.1 Å². The average molecular weight is 475 g/mol. The van der Waals surface area contributed by atoms with E-state index in [1.165, 1.54) is 0 Å². The Morgan fingerprint density at radius 1 is 1.20 bits per heavy atom. The van der Waals surface area contributed by atoms with Gasteiger partial charge in [0.1, 0.15) is 18.1 Å². The lowest BCUT2D eigenvalue weighted by Crippen LogP contribution is -2.48. The van der Waals surface area contributed by atoms with Gasteiger partial charge in [0.15, 0.2) is 6.61 Å². The number of fused-ring (bicyclic) bond motifs is 2. The molecule has 1 atom stereocenters. The van der Waals surface area contributed by atoms with Crippen LogP contribution < -0.4 is 19.7 Å². The number of hydrogen-bond donors (Lipinski definition) is 1. The van der Waals surface area contributed by atoms with Gasteiger partial charge in [-0.25, -0.2) is 0 Å². The van der Waals surface area contributed by atoms with Crippen molar-refractivity contribution in [2.45, 2.75) is 19.4 Å². The van der Waals surface area contributed by atoms with Crippen molar-refractivity contribution < 1.29 is 28.6 Å². The molecule has 2 aliphatic heterocycles. The first-order valence-corrected chi connectivity index (χ1v) is 10.2. The van der Waals surface area contributed by atoms with Gasteiger partial charge in [0.2, 0.25) is 0 Å². The van der Waals surface area contributed by atoms with E-state index in [-0.39, 0.29) is 38.1 Å². The normalized spacial score (nSPS) is 17.1. The lowest BCUT2D eigenvalue weighted by Gasteiger charge is -2.37. The Kier molecular flexibility index (Phi) is 5.63. The Hall–Kier alpha value is -3.07. The number of carbonyl (C=O) groups excluding carboxylic acids is 3. The van der Waals surface area contributed by atoms with Crippen molar-refractivity contribution in [3.8, 4) is 11.5 Å². The zero-order valence-corrected chi connectivity index (χ0v) is 17.7. The van der Waals surface area contributed by atoms with Gasteiger partial charge >= 0.3 is 5.97 Å². The minimum Gasteiger partial charge on any atom is -0.489 e. The van der Waals surface area contributed by atoms with Crippen LogP contribution in [0.1, 0.15) is 23.7 Å². The summed E-state index contributed by atoms with van der Waals surface area (Å²) >= 11 is 3.40. The van der Waals surface area contributed by atoms with Crippen LogP contribution in [0.25, 0.3) is 0 Å². The van der Waals surface area contributed by atoms with Gasteiger partial charge in [0.05, 0.1) is 30.4 Å². The number of benzene rings is 2. The summed E-state index contributed by atoms with van der Waals surface area (Å²) in [5.41, 5.74) is 1.34. The van der Waals surface area contributed by atoms with Crippen molar-refractivity contribution in [3.63, 3.8) is 0 Å². The number of ether oxygens (including phenoxy) is 3.